The monoisotopic (exact) mass is 146 g/mol. The molecule has 0 spiro atoms. The summed E-state index contributed by atoms with van der Waals surface area (Å²) >= 11 is 3.80. The van der Waals surface area contributed by atoms with Gasteiger partial charge in [0.25, 0.3) is 0 Å². The molecule has 0 aliphatic carbocycles. The van der Waals surface area contributed by atoms with Gasteiger partial charge >= 0.3 is 6.72 Å². The Morgan fingerprint density at radius 1 is 1.43 bits per heavy atom. The third kappa shape index (κ3) is 6.45. The molecule has 0 aliphatic rings. The topological polar surface area (TPSA) is 79.2 Å². The van der Waals surface area contributed by atoms with Gasteiger partial charge in [-0.2, -0.15) is 0 Å². The van der Waals surface area contributed by atoms with Gasteiger partial charge in [-0.3, -0.25) is 0 Å². The second-order valence-electron chi connectivity index (χ2n) is 0.640. The van der Waals surface area contributed by atoms with Crippen LogP contribution in [0.5, 0.6) is 0 Å². The zero-order chi connectivity index (χ0) is 5.91. The van der Waals surface area contributed by atoms with Gasteiger partial charge in [0.2, 0.25) is 0 Å². The van der Waals surface area contributed by atoms with Crippen LogP contribution < -0.4 is 0 Å². The minimum Gasteiger partial charge on any atom is -0.323 e. The van der Waals surface area contributed by atoms with Crippen LogP contribution in [0, 0.1) is 0 Å². The molecule has 0 aliphatic heterocycles. The maximum absolute atomic E-state index is 7.99. The molecule has 0 unspecified atom stereocenters. The lowest BCUT2D eigenvalue weighted by Crippen LogP contribution is -1.84. The SMILES string of the molecule is OOOP(O)(O)=S. The van der Waals surface area contributed by atoms with E-state index in [1.54, 1.807) is 0 Å². The largest absolute Gasteiger partial charge is 0.353 e. The van der Waals surface area contributed by atoms with Crippen molar-refractivity contribution in [2.75, 3.05) is 0 Å². The van der Waals surface area contributed by atoms with E-state index in [-0.39, 0.29) is 0 Å². The normalized spacial score (nSPS) is 11.9. The van der Waals surface area contributed by atoms with Crippen molar-refractivity contribution in [2.45, 2.75) is 0 Å². The smallest absolute Gasteiger partial charge is 0.323 e. The summed E-state index contributed by atoms with van der Waals surface area (Å²) in [4.78, 5) is 16.0. The van der Waals surface area contributed by atoms with Crippen LogP contribution >= 0.6 is 6.72 Å². The van der Waals surface area contributed by atoms with Gasteiger partial charge in [0.05, 0.1) is 0 Å². The first kappa shape index (κ1) is 7.45. The number of hydrogen-bond donors (Lipinski definition) is 3. The summed E-state index contributed by atoms with van der Waals surface area (Å²) in [5, 5.41) is 10.2. The van der Waals surface area contributed by atoms with E-state index in [0.29, 0.717) is 0 Å². The molecule has 0 atom stereocenters. The van der Waals surface area contributed by atoms with Crippen LogP contribution in [0.2, 0.25) is 0 Å². The molecule has 7 heteroatoms. The Kier molecular flexibility index (Phi) is 2.86. The van der Waals surface area contributed by atoms with Crippen LogP contribution in [0.4, 0.5) is 0 Å². The molecule has 0 saturated heterocycles. The fourth-order valence-electron chi connectivity index (χ4n) is 0.0434. The summed E-state index contributed by atoms with van der Waals surface area (Å²) in [5.41, 5.74) is 0. The Bertz CT molecular complexity index is 82.1. The Hall–Kier alpha value is 0.450. The summed E-state index contributed by atoms with van der Waals surface area (Å²) < 4.78 is 3.32. The third-order valence-electron chi connectivity index (χ3n) is 0.130. The van der Waals surface area contributed by atoms with Gasteiger partial charge in [-0.05, 0) is 11.8 Å². The molecule has 0 heterocycles. The van der Waals surface area contributed by atoms with Crippen molar-refractivity contribution in [1.29, 1.82) is 0 Å². The van der Waals surface area contributed by atoms with E-state index >= 15 is 0 Å². The zero-order valence-electron chi connectivity index (χ0n) is 3.01. The summed E-state index contributed by atoms with van der Waals surface area (Å²) in [6.07, 6.45) is 0. The summed E-state index contributed by atoms with van der Waals surface area (Å²) in [7, 11) is 0. The highest BCUT2D eigenvalue weighted by Crippen LogP contribution is 2.35. The molecule has 0 fully saturated rings. The molecule has 0 amide bonds. The zero-order valence-corrected chi connectivity index (χ0v) is 4.72. The molecule has 3 N–H and O–H groups in total. The van der Waals surface area contributed by atoms with Crippen molar-refractivity contribution in [3.8, 4) is 0 Å². The highest BCUT2D eigenvalue weighted by molar-refractivity contribution is 8.06. The molecule has 7 heavy (non-hydrogen) atoms. The summed E-state index contributed by atoms with van der Waals surface area (Å²) in [6.45, 7) is -3.80. The molecule has 0 radical (unpaired) electrons. The average molecular weight is 146 g/mol. The van der Waals surface area contributed by atoms with E-state index in [2.05, 4.69) is 21.5 Å². The van der Waals surface area contributed by atoms with E-state index in [4.69, 9.17) is 15.0 Å². The van der Waals surface area contributed by atoms with Crippen LogP contribution in [0.25, 0.3) is 0 Å². The van der Waals surface area contributed by atoms with Crippen molar-refractivity contribution >= 4 is 18.5 Å². The van der Waals surface area contributed by atoms with Crippen molar-refractivity contribution in [1.82, 2.24) is 0 Å². The second kappa shape index (κ2) is 2.68. The first-order chi connectivity index (χ1) is 3.06. The maximum atomic E-state index is 7.99. The highest BCUT2D eigenvalue weighted by Gasteiger charge is 2.07. The van der Waals surface area contributed by atoms with E-state index in [9.17, 15) is 0 Å². The second-order valence-corrected chi connectivity index (χ2v) is 3.20. The first-order valence-electron chi connectivity index (χ1n) is 1.11. The fourth-order valence-corrected chi connectivity index (χ4v) is 0.212. The average Bonchev–Trinajstić information content (AvgIpc) is 1.30. The van der Waals surface area contributed by atoms with Crippen molar-refractivity contribution in [3.05, 3.63) is 0 Å². The van der Waals surface area contributed by atoms with Crippen molar-refractivity contribution in [2.24, 2.45) is 0 Å². The fraction of sp³-hybridized carbons (Fsp3) is 0. The van der Waals surface area contributed by atoms with E-state index in [1.807, 2.05) is 0 Å². The lowest BCUT2D eigenvalue weighted by atomic mass is 14.6. The van der Waals surface area contributed by atoms with Crippen LogP contribution in [0.15, 0.2) is 0 Å². The van der Waals surface area contributed by atoms with Crippen LogP contribution in [0.1, 0.15) is 0 Å². The standard InChI is InChI=1S/H3O5PS/c1-4-5-6(2,3)7/h1H,(H2,2,3,7). The highest BCUT2D eigenvalue weighted by atomic mass is 32.5. The minimum absolute atomic E-state index is 2.85. The van der Waals surface area contributed by atoms with Crippen molar-refractivity contribution < 1.29 is 24.8 Å². The third-order valence-corrected chi connectivity index (χ3v) is 0.574. The van der Waals surface area contributed by atoms with Crippen LogP contribution in [0.3, 0.4) is 0 Å². The minimum atomic E-state index is -3.80. The lowest BCUT2D eigenvalue weighted by Gasteiger charge is -1.98. The van der Waals surface area contributed by atoms with Gasteiger partial charge in [-0.25, -0.2) is 5.26 Å². The molecule has 0 aromatic rings. The van der Waals surface area contributed by atoms with E-state index in [0.717, 1.165) is 0 Å². The van der Waals surface area contributed by atoms with Crippen molar-refractivity contribution in [3.63, 3.8) is 0 Å². The predicted octanol–water partition coefficient (Wildman–Crippen LogP) is -0.383. The number of hydrogen-bond acceptors (Lipinski definition) is 4. The van der Waals surface area contributed by atoms with Gasteiger partial charge in [0.15, 0.2) is 0 Å². The maximum Gasteiger partial charge on any atom is 0.353 e. The van der Waals surface area contributed by atoms with Gasteiger partial charge < -0.3 is 9.79 Å². The molecule has 44 valence electrons. The quantitative estimate of drug-likeness (QED) is 0.280. The Morgan fingerprint density at radius 3 is 1.86 bits per heavy atom. The molecule has 0 rings (SSSR count). The molecular weight excluding hydrogens is 143 g/mol. The van der Waals surface area contributed by atoms with Gasteiger partial charge in [-0.1, -0.05) is 5.04 Å². The Labute approximate surface area is 44.2 Å². The van der Waals surface area contributed by atoms with Crippen LogP contribution in [-0.4, -0.2) is 15.0 Å². The molecule has 5 nitrogen and oxygen atoms in total. The molecule has 0 bridgehead atoms. The Balaban J connectivity index is 3.36. The van der Waals surface area contributed by atoms with E-state index < -0.39 is 6.72 Å². The molecule has 0 saturated carbocycles. The molecular formula is H3O5PS. The first-order valence-corrected chi connectivity index (χ1v) is 3.74. The Morgan fingerprint density at radius 2 is 1.86 bits per heavy atom. The molecule has 0 aromatic carbocycles. The van der Waals surface area contributed by atoms with Crippen LogP contribution in [-0.2, 0) is 21.5 Å². The van der Waals surface area contributed by atoms with Gasteiger partial charge in [-0.15, -0.1) is 4.67 Å². The summed E-state index contributed by atoms with van der Waals surface area (Å²) in [6, 6.07) is 0. The van der Waals surface area contributed by atoms with E-state index in [1.165, 1.54) is 0 Å². The predicted molar refractivity (Wildman–Crippen MR) is 23.5 cm³/mol. The van der Waals surface area contributed by atoms with Gasteiger partial charge in [0, 0.05) is 0 Å². The molecule has 0 aromatic heterocycles. The lowest BCUT2D eigenvalue weighted by molar-refractivity contribution is -0.443. The summed E-state index contributed by atoms with van der Waals surface area (Å²) in [5.74, 6) is 0. The number of rotatable bonds is 2. The van der Waals surface area contributed by atoms with Gasteiger partial charge in [0.1, 0.15) is 0 Å².